The number of phosphoric acid groups is 2. The molecule has 0 bridgehead atoms. The largest absolute Gasteiger partial charge is 0.472 e. The van der Waals surface area contributed by atoms with E-state index in [0.717, 1.165) is 13.8 Å². The molecule has 0 rings (SSSR count). The Morgan fingerprint density at radius 1 is 1.26 bits per heavy atom. The van der Waals surface area contributed by atoms with Crippen molar-refractivity contribution in [2.75, 3.05) is 0 Å². The molecule has 112 valence electrons. The van der Waals surface area contributed by atoms with Crippen molar-refractivity contribution >= 4 is 21.4 Å². The number of hydrogen-bond donors (Lipinski definition) is 4. The lowest BCUT2D eigenvalue weighted by Crippen LogP contribution is -2.42. The number of rotatable bonds is 8. The topological polar surface area (TPSA) is 160 Å². The van der Waals surface area contributed by atoms with Crippen molar-refractivity contribution in [3.8, 4) is 0 Å². The Labute approximate surface area is 108 Å². The molecule has 0 radical (unpaired) electrons. The van der Waals surface area contributed by atoms with Gasteiger partial charge >= 0.3 is 15.6 Å². The van der Waals surface area contributed by atoms with Gasteiger partial charge in [0.25, 0.3) is 0 Å². The standard InChI is InChI=1S/C7H14O10P2/c1-4-6(8)7(3,17-19(12,13)14)15-5(2)16-18(9,10)11/h4-5H,1H2,2-3H3,(H2,9,10,11)(H2,12,13,14). The molecule has 0 spiro atoms. The third-order valence-electron chi connectivity index (χ3n) is 1.60. The Hall–Kier alpha value is -0.410. The molecule has 0 saturated carbocycles. The number of phosphoric ester groups is 2. The SMILES string of the molecule is C=CC(=O)C(C)(OC(C)OP(=O)(O)O)OP(=O)(O)O. The maximum absolute atomic E-state index is 11.5. The summed E-state index contributed by atoms with van der Waals surface area (Å²) in [6.45, 7) is 4.92. The van der Waals surface area contributed by atoms with Crippen LogP contribution in [0.2, 0.25) is 0 Å². The molecule has 0 aromatic rings. The summed E-state index contributed by atoms with van der Waals surface area (Å²) in [5.74, 6) is -3.58. The van der Waals surface area contributed by atoms with Crippen LogP contribution < -0.4 is 0 Å². The predicted octanol–water partition coefficient (Wildman–Crippen LogP) is 0.0389. The molecule has 0 heterocycles. The smallest absolute Gasteiger partial charge is 0.313 e. The zero-order chi connectivity index (χ0) is 15.5. The first kappa shape index (κ1) is 18.6. The molecule has 0 amide bonds. The summed E-state index contributed by atoms with van der Waals surface area (Å²) in [6, 6.07) is 0. The van der Waals surface area contributed by atoms with Gasteiger partial charge < -0.3 is 24.3 Å². The molecule has 0 aromatic carbocycles. The highest BCUT2D eigenvalue weighted by atomic mass is 31.2. The van der Waals surface area contributed by atoms with Gasteiger partial charge in [-0.2, -0.15) is 0 Å². The van der Waals surface area contributed by atoms with Gasteiger partial charge in [0.2, 0.25) is 11.6 Å². The Balaban J connectivity index is 5.08. The number of carbonyl (C=O) groups excluding carboxylic acids is 1. The average Bonchev–Trinajstić information content (AvgIpc) is 2.09. The van der Waals surface area contributed by atoms with Crippen molar-refractivity contribution in [2.24, 2.45) is 0 Å². The van der Waals surface area contributed by atoms with E-state index in [1.165, 1.54) is 0 Å². The molecule has 0 fully saturated rings. The van der Waals surface area contributed by atoms with Crippen LogP contribution in [-0.2, 0) is 27.7 Å². The lowest BCUT2D eigenvalue weighted by molar-refractivity contribution is -0.237. The highest BCUT2D eigenvalue weighted by Gasteiger charge is 2.42. The minimum atomic E-state index is -5.10. The van der Waals surface area contributed by atoms with Crippen molar-refractivity contribution in [3.63, 3.8) is 0 Å². The van der Waals surface area contributed by atoms with Crippen LogP contribution in [-0.4, -0.2) is 37.4 Å². The van der Waals surface area contributed by atoms with Gasteiger partial charge in [0.1, 0.15) is 0 Å². The summed E-state index contributed by atoms with van der Waals surface area (Å²) >= 11 is 0. The zero-order valence-electron chi connectivity index (χ0n) is 9.99. The molecule has 2 atom stereocenters. The van der Waals surface area contributed by atoms with Crippen LogP contribution in [0.4, 0.5) is 0 Å². The van der Waals surface area contributed by atoms with E-state index in [1.807, 2.05) is 0 Å². The summed E-state index contributed by atoms with van der Waals surface area (Å²) in [4.78, 5) is 45.8. The van der Waals surface area contributed by atoms with Crippen molar-refractivity contribution in [2.45, 2.75) is 25.9 Å². The molecule has 4 N–H and O–H groups in total. The third-order valence-corrected chi connectivity index (χ3v) is 2.76. The van der Waals surface area contributed by atoms with Crippen LogP contribution in [0.5, 0.6) is 0 Å². The van der Waals surface area contributed by atoms with Gasteiger partial charge in [-0.3, -0.25) is 9.32 Å². The summed E-state index contributed by atoms with van der Waals surface area (Å²) in [5, 5.41) is 0. The zero-order valence-corrected chi connectivity index (χ0v) is 11.8. The van der Waals surface area contributed by atoms with Crippen LogP contribution in [0.15, 0.2) is 12.7 Å². The van der Waals surface area contributed by atoms with Crippen LogP contribution in [0.1, 0.15) is 13.8 Å². The molecular weight excluding hydrogens is 306 g/mol. The minimum Gasteiger partial charge on any atom is -0.313 e. The predicted molar refractivity (Wildman–Crippen MR) is 60.4 cm³/mol. The van der Waals surface area contributed by atoms with Crippen molar-refractivity contribution in [3.05, 3.63) is 12.7 Å². The van der Waals surface area contributed by atoms with Crippen LogP contribution in [0.3, 0.4) is 0 Å². The maximum Gasteiger partial charge on any atom is 0.472 e. The number of hydrogen-bond acceptors (Lipinski definition) is 6. The van der Waals surface area contributed by atoms with Gasteiger partial charge in [0.15, 0.2) is 6.29 Å². The van der Waals surface area contributed by atoms with Crippen LogP contribution in [0.25, 0.3) is 0 Å². The van der Waals surface area contributed by atoms with E-state index in [4.69, 9.17) is 24.3 Å². The Bertz CT molecular complexity index is 435. The quantitative estimate of drug-likeness (QED) is 0.273. The average molecular weight is 320 g/mol. The second kappa shape index (κ2) is 6.36. The summed E-state index contributed by atoms with van der Waals surface area (Å²) in [6.07, 6.45) is -1.01. The molecular formula is C7H14O10P2. The summed E-state index contributed by atoms with van der Waals surface area (Å²) in [7, 11) is -10.0. The third kappa shape index (κ3) is 7.68. The van der Waals surface area contributed by atoms with Gasteiger partial charge in [-0.05, 0) is 19.9 Å². The lowest BCUT2D eigenvalue weighted by atomic mass is 10.2. The molecule has 0 saturated heterocycles. The lowest BCUT2D eigenvalue weighted by Gasteiger charge is -2.29. The van der Waals surface area contributed by atoms with Crippen LogP contribution in [0, 0.1) is 0 Å². The van der Waals surface area contributed by atoms with Gasteiger partial charge in [-0.15, -0.1) is 0 Å². The normalized spacial score (nSPS) is 17.6. The highest BCUT2D eigenvalue weighted by Crippen LogP contribution is 2.44. The molecule has 0 aliphatic carbocycles. The number of ketones is 1. The molecule has 19 heavy (non-hydrogen) atoms. The van der Waals surface area contributed by atoms with Gasteiger partial charge in [-0.25, -0.2) is 13.7 Å². The van der Waals surface area contributed by atoms with E-state index in [9.17, 15) is 13.9 Å². The van der Waals surface area contributed by atoms with E-state index in [0.29, 0.717) is 6.08 Å². The summed E-state index contributed by atoms with van der Waals surface area (Å²) in [5.41, 5.74) is 0. The number of carbonyl (C=O) groups is 1. The molecule has 12 heteroatoms. The number of ether oxygens (including phenoxy) is 1. The first-order valence-electron chi connectivity index (χ1n) is 4.64. The Morgan fingerprint density at radius 3 is 2.05 bits per heavy atom. The van der Waals surface area contributed by atoms with Gasteiger partial charge in [0.05, 0.1) is 0 Å². The molecule has 0 aliphatic heterocycles. The van der Waals surface area contributed by atoms with E-state index in [1.54, 1.807) is 0 Å². The second-order valence-electron chi connectivity index (χ2n) is 3.38. The molecule has 10 nitrogen and oxygen atoms in total. The van der Waals surface area contributed by atoms with E-state index < -0.39 is 33.5 Å². The molecule has 0 aliphatic rings. The maximum atomic E-state index is 11.5. The first-order chi connectivity index (χ1) is 8.29. The molecule has 2 unspecified atom stereocenters. The van der Waals surface area contributed by atoms with Crippen LogP contribution >= 0.6 is 15.6 Å². The fourth-order valence-corrected chi connectivity index (χ4v) is 2.09. The van der Waals surface area contributed by atoms with E-state index >= 15 is 0 Å². The minimum absolute atomic E-state index is 0.667. The monoisotopic (exact) mass is 320 g/mol. The van der Waals surface area contributed by atoms with Crippen molar-refractivity contribution < 1.29 is 47.3 Å². The van der Waals surface area contributed by atoms with Crippen molar-refractivity contribution in [1.29, 1.82) is 0 Å². The van der Waals surface area contributed by atoms with Gasteiger partial charge in [0, 0.05) is 0 Å². The fraction of sp³-hybridized carbons (Fsp3) is 0.571. The fourth-order valence-electron chi connectivity index (χ4n) is 1.07. The first-order valence-corrected chi connectivity index (χ1v) is 7.70. The Morgan fingerprint density at radius 2 is 1.74 bits per heavy atom. The van der Waals surface area contributed by atoms with Crippen molar-refractivity contribution in [1.82, 2.24) is 0 Å². The van der Waals surface area contributed by atoms with E-state index in [-0.39, 0.29) is 0 Å². The highest BCUT2D eigenvalue weighted by molar-refractivity contribution is 7.46. The van der Waals surface area contributed by atoms with Gasteiger partial charge in [-0.1, -0.05) is 6.58 Å². The van der Waals surface area contributed by atoms with E-state index in [2.05, 4.69) is 15.6 Å². The summed E-state index contributed by atoms with van der Waals surface area (Å²) < 4.78 is 34.2. The second-order valence-corrected chi connectivity index (χ2v) is 5.73. The molecule has 0 aromatic heterocycles. The Kier molecular flexibility index (Phi) is 6.22.